The van der Waals surface area contributed by atoms with E-state index in [0.29, 0.717) is 17.1 Å². The van der Waals surface area contributed by atoms with Crippen molar-refractivity contribution in [3.8, 4) is 11.5 Å². The molecule has 0 aromatic heterocycles. The van der Waals surface area contributed by atoms with Crippen molar-refractivity contribution in [3.63, 3.8) is 0 Å². The Morgan fingerprint density at radius 3 is 2.84 bits per heavy atom. The van der Waals surface area contributed by atoms with Crippen molar-refractivity contribution in [2.75, 3.05) is 6.61 Å². The molecule has 0 fully saturated rings. The summed E-state index contributed by atoms with van der Waals surface area (Å²) in [6, 6.07) is 11.2. The minimum absolute atomic E-state index is 0.0256. The van der Waals surface area contributed by atoms with Gasteiger partial charge < -0.3 is 9.47 Å². The van der Waals surface area contributed by atoms with Crippen molar-refractivity contribution < 1.29 is 19.2 Å². The van der Waals surface area contributed by atoms with Gasteiger partial charge in [0.1, 0.15) is 11.6 Å². The number of nitro groups is 1. The van der Waals surface area contributed by atoms with Gasteiger partial charge in [-0.2, -0.15) is 5.10 Å². The largest absolute Gasteiger partial charge is 0.485 e. The normalized spacial score (nSPS) is 15.8. The number of benzene rings is 2. The highest BCUT2D eigenvalue weighted by Crippen LogP contribution is 2.30. The van der Waals surface area contributed by atoms with Crippen LogP contribution in [0, 0.1) is 10.1 Å². The molecule has 1 atom stereocenters. The number of ether oxygens (including phenoxy) is 2. The van der Waals surface area contributed by atoms with Gasteiger partial charge >= 0.3 is 0 Å². The number of nitro benzene ring substituents is 1. The summed E-state index contributed by atoms with van der Waals surface area (Å²) in [7, 11) is 0. The van der Waals surface area contributed by atoms with Crippen LogP contribution in [-0.2, 0) is 4.79 Å². The van der Waals surface area contributed by atoms with Crippen LogP contribution in [0.15, 0.2) is 47.6 Å². The maximum Gasteiger partial charge on any atom is 0.288 e. The molecule has 0 unspecified atom stereocenters. The molecule has 0 radical (unpaired) electrons. The average molecular weight is 362 g/mol. The van der Waals surface area contributed by atoms with Crippen molar-refractivity contribution in [2.45, 2.75) is 6.10 Å². The van der Waals surface area contributed by atoms with Crippen molar-refractivity contribution in [1.82, 2.24) is 5.43 Å². The zero-order valence-corrected chi connectivity index (χ0v) is 13.5. The molecule has 2 aromatic carbocycles. The van der Waals surface area contributed by atoms with E-state index in [-0.39, 0.29) is 17.3 Å². The average Bonchev–Trinajstić information content (AvgIpc) is 2.62. The zero-order valence-electron chi connectivity index (χ0n) is 12.7. The number of hydrogen-bond acceptors (Lipinski definition) is 6. The van der Waals surface area contributed by atoms with Gasteiger partial charge in [-0.05, 0) is 18.2 Å². The van der Waals surface area contributed by atoms with Crippen LogP contribution in [0.25, 0.3) is 0 Å². The monoisotopic (exact) mass is 361 g/mol. The number of rotatable bonds is 4. The predicted octanol–water partition coefficient (Wildman–Crippen LogP) is 2.54. The molecule has 1 aliphatic rings. The maximum atomic E-state index is 12.1. The van der Waals surface area contributed by atoms with E-state index >= 15 is 0 Å². The van der Waals surface area contributed by atoms with Crippen LogP contribution in [0.2, 0.25) is 5.02 Å². The van der Waals surface area contributed by atoms with E-state index in [1.807, 2.05) is 0 Å². The van der Waals surface area contributed by atoms with Crippen LogP contribution in [-0.4, -0.2) is 29.8 Å². The number of hydrogen-bond donors (Lipinski definition) is 1. The van der Waals surface area contributed by atoms with Crippen LogP contribution >= 0.6 is 11.6 Å². The first kappa shape index (κ1) is 16.7. The third-order valence-corrected chi connectivity index (χ3v) is 3.68. The van der Waals surface area contributed by atoms with Crippen molar-refractivity contribution >= 4 is 29.4 Å². The van der Waals surface area contributed by atoms with Gasteiger partial charge in [0.25, 0.3) is 11.6 Å². The lowest BCUT2D eigenvalue weighted by Crippen LogP contribution is -2.42. The fourth-order valence-electron chi connectivity index (χ4n) is 2.14. The van der Waals surface area contributed by atoms with E-state index < -0.39 is 16.9 Å². The lowest BCUT2D eigenvalue weighted by Gasteiger charge is -2.24. The molecule has 3 rings (SSSR count). The summed E-state index contributed by atoms with van der Waals surface area (Å²) in [6.07, 6.45) is 0.436. The first-order valence-electron chi connectivity index (χ1n) is 7.20. The smallest absolute Gasteiger partial charge is 0.288 e. The van der Waals surface area contributed by atoms with E-state index in [9.17, 15) is 14.9 Å². The van der Waals surface area contributed by atoms with Crippen LogP contribution in [0.4, 0.5) is 5.69 Å². The molecule has 1 heterocycles. The number of amides is 1. The van der Waals surface area contributed by atoms with E-state index in [1.54, 1.807) is 30.3 Å². The molecule has 25 heavy (non-hydrogen) atoms. The summed E-state index contributed by atoms with van der Waals surface area (Å²) in [5, 5.41) is 14.6. The van der Waals surface area contributed by atoms with Crippen LogP contribution in [0.1, 0.15) is 5.56 Å². The van der Waals surface area contributed by atoms with Gasteiger partial charge in [0.15, 0.2) is 11.5 Å². The van der Waals surface area contributed by atoms with Gasteiger partial charge in [-0.15, -0.1) is 0 Å². The fraction of sp³-hybridized carbons (Fsp3) is 0.125. The highest BCUT2D eigenvalue weighted by Gasteiger charge is 2.27. The highest BCUT2D eigenvalue weighted by atomic mass is 35.5. The van der Waals surface area contributed by atoms with Crippen molar-refractivity contribution in [1.29, 1.82) is 0 Å². The molecule has 128 valence electrons. The number of hydrazone groups is 1. The van der Waals surface area contributed by atoms with Crippen LogP contribution in [0.5, 0.6) is 11.5 Å². The molecular formula is C16H12ClN3O5. The first-order valence-corrected chi connectivity index (χ1v) is 7.58. The van der Waals surface area contributed by atoms with Gasteiger partial charge in [0.2, 0.25) is 6.10 Å². The molecule has 0 spiro atoms. The van der Waals surface area contributed by atoms with Gasteiger partial charge in [-0.1, -0.05) is 29.8 Å². The first-order chi connectivity index (χ1) is 12.0. The molecule has 1 amide bonds. The topological polar surface area (TPSA) is 103 Å². The van der Waals surface area contributed by atoms with Crippen LogP contribution in [0.3, 0.4) is 0 Å². The number of nitrogens with one attached hydrogen (secondary N) is 1. The quantitative estimate of drug-likeness (QED) is 0.512. The number of halogens is 1. The number of carbonyl (C=O) groups excluding carboxylic acids is 1. The molecule has 0 aliphatic carbocycles. The Labute approximate surface area is 147 Å². The second-order valence-electron chi connectivity index (χ2n) is 5.07. The van der Waals surface area contributed by atoms with Crippen molar-refractivity contribution in [2.24, 2.45) is 5.10 Å². The Morgan fingerprint density at radius 1 is 1.32 bits per heavy atom. The fourth-order valence-corrected chi connectivity index (χ4v) is 2.33. The minimum atomic E-state index is -0.841. The molecule has 1 aliphatic heterocycles. The summed E-state index contributed by atoms with van der Waals surface area (Å²) >= 11 is 5.73. The maximum absolute atomic E-state index is 12.1. The molecule has 2 aromatic rings. The van der Waals surface area contributed by atoms with E-state index in [4.69, 9.17) is 21.1 Å². The Morgan fingerprint density at radius 2 is 2.08 bits per heavy atom. The number of para-hydroxylation sites is 2. The standard InChI is InChI=1S/C16H12ClN3O5/c17-11-6-5-10(7-12(11)20(22)23)8-18-19-16(21)15-9-24-13-3-1-2-4-14(13)25-15/h1-8,15H,9H2,(H,19,21)/b18-8-/t15-/m0/s1. The number of fused-ring (bicyclic) bond motifs is 1. The Balaban J connectivity index is 1.62. The Hall–Kier alpha value is -3.13. The molecule has 0 bridgehead atoms. The third kappa shape index (κ3) is 3.86. The summed E-state index contributed by atoms with van der Waals surface area (Å²) < 4.78 is 11.0. The SMILES string of the molecule is O=C(N/N=C\c1ccc(Cl)c([N+](=O)[O-])c1)[C@@H]1COc2ccccc2O1. The van der Waals surface area contributed by atoms with Gasteiger partial charge in [-0.25, -0.2) is 5.43 Å². The summed E-state index contributed by atoms with van der Waals surface area (Å²) in [6.45, 7) is 0.0603. The number of carbonyl (C=O) groups is 1. The van der Waals surface area contributed by atoms with Crippen LogP contribution < -0.4 is 14.9 Å². The molecule has 0 saturated heterocycles. The van der Waals surface area contributed by atoms with Gasteiger partial charge in [0.05, 0.1) is 11.1 Å². The minimum Gasteiger partial charge on any atom is -0.485 e. The third-order valence-electron chi connectivity index (χ3n) is 3.36. The van der Waals surface area contributed by atoms with Gasteiger partial charge in [0, 0.05) is 11.6 Å². The number of nitrogens with zero attached hydrogens (tertiary/aromatic N) is 2. The van der Waals surface area contributed by atoms with E-state index in [0.717, 1.165) is 0 Å². The Bertz CT molecular complexity index is 855. The van der Waals surface area contributed by atoms with E-state index in [2.05, 4.69) is 10.5 Å². The molecular weight excluding hydrogens is 350 g/mol. The van der Waals surface area contributed by atoms with Crippen molar-refractivity contribution in [3.05, 3.63) is 63.2 Å². The van der Waals surface area contributed by atoms with E-state index in [1.165, 1.54) is 18.3 Å². The van der Waals surface area contributed by atoms with Gasteiger partial charge in [-0.3, -0.25) is 14.9 Å². The lowest BCUT2D eigenvalue weighted by atomic mass is 10.2. The summed E-state index contributed by atoms with van der Waals surface area (Å²) in [4.78, 5) is 22.3. The second kappa shape index (κ2) is 7.18. The zero-order chi connectivity index (χ0) is 17.8. The second-order valence-corrected chi connectivity index (χ2v) is 5.47. The highest BCUT2D eigenvalue weighted by molar-refractivity contribution is 6.32. The predicted molar refractivity (Wildman–Crippen MR) is 90.2 cm³/mol. The Kier molecular flexibility index (Phi) is 4.80. The lowest BCUT2D eigenvalue weighted by molar-refractivity contribution is -0.384. The molecule has 9 heteroatoms. The molecule has 1 N–H and O–H groups in total. The summed E-state index contributed by atoms with van der Waals surface area (Å²) in [5.41, 5.74) is 2.50. The molecule has 8 nitrogen and oxygen atoms in total. The summed E-state index contributed by atoms with van der Waals surface area (Å²) in [5.74, 6) is 0.559. The molecule has 0 saturated carbocycles.